The number of nitrogens with zero attached hydrogens (tertiary/aromatic N) is 2. The summed E-state index contributed by atoms with van der Waals surface area (Å²) in [5, 5.41) is 0.875. The number of piperazine rings is 1. The molecular formula is C16H19N3O3. The molecule has 1 aromatic carbocycles. The number of amides is 2. The van der Waals surface area contributed by atoms with Gasteiger partial charge in [-0.1, -0.05) is 12.1 Å². The molecule has 2 heterocycles. The van der Waals surface area contributed by atoms with Crippen molar-refractivity contribution in [1.82, 2.24) is 14.8 Å². The van der Waals surface area contributed by atoms with Crippen LogP contribution in [0.2, 0.25) is 0 Å². The summed E-state index contributed by atoms with van der Waals surface area (Å²) in [6, 6.07) is 5.68. The minimum Gasteiger partial charge on any atom is -0.495 e. The maximum Gasteiger partial charge on any atom is 0.256 e. The zero-order valence-corrected chi connectivity index (χ0v) is 12.8. The van der Waals surface area contributed by atoms with Crippen LogP contribution in [-0.2, 0) is 4.79 Å². The molecule has 6 heteroatoms. The number of methoxy groups -OCH3 is 1. The first kappa shape index (κ1) is 14.4. The molecule has 1 aliphatic heterocycles. The standard InChI is InChI=1S/C16H19N3O3/c1-11-14(12-4-3-5-13(22-2)15(12)17-11)16(21)19-8-6-18(10-20)7-9-19/h3-5,10,17H,6-9H2,1-2H3. The lowest BCUT2D eigenvalue weighted by Gasteiger charge is -2.32. The number of carbonyl (C=O) groups is 2. The third-order valence-electron chi connectivity index (χ3n) is 4.17. The van der Waals surface area contributed by atoms with E-state index >= 15 is 0 Å². The van der Waals surface area contributed by atoms with Crippen LogP contribution in [0.5, 0.6) is 5.75 Å². The summed E-state index contributed by atoms with van der Waals surface area (Å²) in [6.07, 6.45) is 0.837. The summed E-state index contributed by atoms with van der Waals surface area (Å²) in [5.41, 5.74) is 2.37. The number of aromatic amines is 1. The number of benzene rings is 1. The third-order valence-corrected chi connectivity index (χ3v) is 4.17. The zero-order chi connectivity index (χ0) is 15.7. The lowest BCUT2D eigenvalue weighted by Crippen LogP contribution is -2.48. The van der Waals surface area contributed by atoms with E-state index < -0.39 is 0 Å². The van der Waals surface area contributed by atoms with Gasteiger partial charge in [0.25, 0.3) is 5.91 Å². The highest BCUT2D eigenvalue weighted by atomic mass is 16.5. The van der Waals surface area contributed by atoms with Crippen LogP contribution in [0.1, 0.15) is 16.1 Å². The molecule has 116 valence electrons. The second kappa shape index (κ2) is 5.71. The van der Waals surface area contributed by atoms with Crippen molar-refractivity contribution in [1.29, 1.82) is 0 Å². The SMILES string of the molecule is COc1cccc2c(C(=O)N3CCN(C=O)CC3)c(C)[nH]c12. The van der Waals surface area contributed by atoms with Gasteiger partial charge in [-0.05, 0) is 13.0 Å². The Labute approximate surface area is 128 Å². The van der Waals surface area contributed by atoms with Crippen LogP contribution < -0.4 is 4.74 Å². The van der Waals surface area contributed by atoms with Crippen molar-refractivity contribution in [3.05, 3.63) is 29.5 Å². The van der Waals surface area contributed by atoms with Crippen molar-refractivity contribution in [2.75, 3.05) is 33.3 Å². The smallest absolute Gasteiger partial charge is 0.256 e. The molecule has 3 rings (SSSR count). The van der Waals surface area contributed by atoms with E-state index in [1.54, 1.807) is 16.9 Å². The number of H-pyrrole nitrogens is 1. The Morgan fingerprint density at radius 2 is 2.00 bits per heavy atom. The molecule has 22 heavy (non-hydrogen) atoms. The maximum atomic E-state index is 12.8. The highest BCUT2D eigenvalue weighted by Gasteiger charge is 2.25. The van der Waals surface area contributed by atoms with Gasteiger partial charge in [0.15, 0.2) is 0 Å². The van der Waals surface area contributed by atoms with Crippen molar-refractivity contribution >= 4 is 23.2 Å². The fraction of sp³-hybridized carbons (Fsp3) is 0.375. The van der Waals surface area contributed by atoms with Crippen LogP contribution in [-0.4, -0.2) is 60.4 Å². The van der Waals surface area contributed by atoms with Crippen LogP contribution >= 0.6 is 0 Å². The summed E-state index contributed by atoms with van der Waals surface area (Å²) >= 11 is 0. The lowest BCUT2D eigenvalue weighted by molar-refractivity contribution is -0.119. The second-order valence-electron chi connectivity index (χ2n) is 5.44. The Morgan fingerprint density at radius 1 is 1.27 bits per heavy atom. The quantitative estimate of drug-likeness (QED) is 0.872. The Kier molecular flexibility index (Phi) is 3.75. The van der Waals surface area contributed by atoms with Gasteiger partial charge >= 0.3 is 0 Å². The zero-order valence-electron chi connectivity index (χ0n) is 12.8. The minimum atomic E-state index is 0.00236. The number of hydrogen-bond acceptors (Lipinski definition) is 3. The molecule has 0 unspecified atom stereocenters. The summed E-state index contributed by atoms with van der Waals surface area (Å²) in [7, 11) is 1.62. The molecule has 0 radical (unpaired) electrons. The van der Waals surface area contributed by atoms with Gasteiger partial charge in [-0.15, -0.1) is 0 Å². The number of nitrogens with one attached hydrogen (secondary N) is 1. The van der Waals surface area contributed by atoms with E-state index in [4.69, 9.17) is 4.74 Å². The Hall–Kier alpha value is -2.50. The average molecular weight is 301 g/mol. The van der Waals surface area contributed by atoms with Gasteiger partial charge in [0.2, 0.25) is 6.41 Å². The minimum absolute atomic E-state index is 0.00236. The molecule has 0 saturated carbocycles. The molecule has 1 N–H and O–H groups in total. The monoisotopic (exact) mass is 301 g/mol. The number of ether oxygens (including phenoxy) is 1. The third kappa shape index (κ3) is 2.30. The predicted octanol–water partition coefficient (Wildman–Crippen LogP) is 1.40. The molecule has 2 aromatic rings. The Balaban J connectivity index is 1.95. The van der Waals surface area contributed by atoms with E-state index in [0.29, 0.717) is 31.7 Å². The number of aryl methyl sites for hydroxylation is 1. The largest absolute Gasteiger partial charge is 0.495 e. The van der Waals surface area contributed by atoms with E-state index in [0.717, 1.165) is 28.8 Å². The van der Waals surface area contributed by atoms with Gasteiger partial charge in [-0.25, -0.2) is 0 Å². The van der Waals surface area contributed by atoms with Crippen LogP contribution in [0.15, 0.2) is 18.2 Å². The number of para-hydroxylation sites is 1. The molecular weight excluding hydrogens is 282 g/mol. The van der Waals surface area contributed by atoms with Gasteiger partial charge < -0.3 is 19.5 Å². The highest BCUT2D eigenvalue weighted by molar-refractivity contribution is 6.09. The van der Waals surface area contributed by atoms with Crippen molar-refractivity contribution in [2.45, 2.75) is 6.92 Å². The van der Waals surface area contributed by atoms with Crippen molar-refractivity contribution in [3.63, 3.8) is 0 Å². The average Bonchev–Trinajstić information content (AvgIpc) is 2.90. The Bertz CT molecular complexity index is 715. The van der Waals surface area contributed by atoms with Crippen LogP contribution in [0, 0.1) is 6.92 Å². The molecule has 0 aliphatic carbocycles. The normalized spacial score (nSPS) is 15.2. The summed E-state index contributed by atoms with van der Waals surface area (Å²) in [4.78, 5) is 30.4. The van der Waals surface area contributed by atoms with Gasteiger partial charge in [0, 0.05) is 37.3 Å². The highest BCUT2D eigenvalue weighted by Crippen LogP contribution is 2.30. The fourth-order valence-corrected chi connectivity index (χ4v) is 2.95. The van der Waals surface area contributed by atoms with Crippen LogP contribution in [0.25, 0.3) is 10.9 Å². The van der Waals surface area contributed by atoms with Crippen molar-refractivity contribution < 1.29 is 14.3 Å². The molecule has 0 spiro atoms. The van der Waals surface area contributed by atoms with E-state index in [9.17, 15) is 9.59 Å². The van der Waals surface area contributed by atoms with Crippen molar-refractivity contribution in [2.24, 2.45) is 0 Å². The number of aromatic nitrogens is 1. The first-order chi connectivity index (χ1) is 10.7. The number of rotatable bonds is 3. The fourth-order valence-electron chi connectivity index (χ4n) is 2.95. The van der Waals surface area contributed by atoms with Crippen LogP contribution in [0.4, 0.5) is 0 Å². The van der Waals surface area contributed by atoms with Crippen molar-refractivity contribution in [3.8, 4) is 5.75 Å². The maximum absolute atomic E-state index is 12.8. The molecule has 1 fully saturated rings. The van der Waals surface area contributed by atoms with E-state index in [1.165, 1.54) is 0 Å². The predicted molar refractivity (Wildman–Crippen MR) is 83.1 cm³/mol. The summed E-state index contributed by atoms with van der Waals surface area (Å²) in [5.74, 6) is 0.730. The van der Waals surface area contributed by atoms with E-state index in [-0.39, 0.29) is 5.91 Å². The number of fused-ring (bicyclic) bond motifs is 1. The summed E-state index contributed by atoms with van der Waals surface area (Å²) < 4.78 is 5.35. The summed E-state index contributed by atoms with van der Waals surface area (Å²) in [6.45, 7) is 4.19. The molecule has 1 aliphatic rings. The van der Waals surface area contributed by atoms with E-state index in [2.05, 4.69) is 4.98 Å². The number of hydrogen-bond donors (Lipinski definition) is 1. The van der Waals surface area contributed by atoms with Gasteiger partial charge in [-0.3, -0.25) is 9.59 Å². The topological polar surface area (TPSA) is 65.6 Å². The van der Waals surface area contributed by atoms with Crippen LogP contribution in [0.3, 0.4) is 0 Å². The first-order valence-corrected chi connectivity index (χ1v) is 7.29. The molecule has 0 atom stereocenters. The van der Waals surface area contributed by atoms with E-state index in [1.807, 2.05) is 25.1 Å². The lowest BCUT2D eigenvalue weighted by atomic mass is 10.1. The van der Waals surface area contributed by atoms with Gasteiger partial charge in [0.05, 0.1) is 18.2 Å². The molecule has 1 aromatic heterocycles. The molecule has 2 amide bonds. The Morgan fingerprint density at radius 3 is 2.64 bits per heavy atom. The van der Waals surface area contributed by atoms with Gasteiger partial charge in [0.1, 0.15) is 5.75 Å². The second-order valence-corrected chi connectivity index (χ2v) is 5.44. The first-order valence-electron chi connectivity index (χ1n) is 7.29. The number of carbonyl (C=O) groups excluding carboxylic acids is 2. The molecule has 0 bridgehead atoms. The van der Waals surface area contributed by atoms with Gasteiger partial charge in [-0.2, -0.15) is 0 Å². The molecule has 6 nitrogen and oxygen atoms in total. The molecule has 1 saturated heterocycles.